The van der Waals surface area contributed by atoms with Crippen molar-refractivity contribution < 1.29 is 13.2 Å². The third-order valence-electron chi connectivity index (χ3n) is 3.61. The molecule has 0 radical (unpaired) electrons. The van der Waals surface area contributed by atoms with Gasteiger partial charge in [-0.25, -0.2) is 12.7 Å². The minimum absolute atomic E-state index is 0.0149. The predicted molar refractivity (Wildman–Crippen MR) is 78.3 cm³/mol. The number of sulfonamides is 1. The lowest BCUT2D eigenvalue weighted by Gasteiger charge is -2.33. The number of anilines is 1. The van der Waals surface area contributed by atoms with Crippen LogP contribution in [0, 0.1) is 5.92 Å². The molecular weight excluding hydrogens is 276 g/mol. The van der Waals surface area contributed by atoms with E-state index in [4.69, 9.17) is 0 Å². The van der Waals surface area contributed by atoms with Gasteiger partial charge in [-0.15, -0.1) is 0 Å². The number of para-hydroxylation sites is 1. The highest BCUT2D eigenvalue weighted by atomic mass is 32.2. The monoisotopic (exact) mass is 296 g/mol. The molecule has 0 spiro atoms. The van der Waals surface area contributed by atoms with E-state index in [9.17, 15) is 13.2 Å². The van der Waals surface area contributed by atoms with Crippen LogP contribution >= 0.6 is 0 Å². The number of piperidine rings is 1. The van der Waals surface area contributed by atoms with Crippen LogP contribution in [0.25, 0.3) is 0 Å². The van der Waals surface area contributed by atoms with Crippen LogP contribution in [0.3, 0.4) is 0 Å². The van der Waals surface area contributed by atoms with Gasteiger partial charge in [-0.2, -0.15) is 0 Å². The molecule has 0 aliphatic carbocycles. The molecule has 1 aromatic rings. The van der Waals surface area contributed by atoms with Gasteiger partial charge in [0, 0.05) is 33.1 Å². The van der Waals surface area contributed by atoms with Crippen molar-refractivity contribution in [3.8, 4) is 0 Å². The molecule has 1 aliphatic heterocycles. The van der Waals surface area contributed by atoms with Crippen molar-refractivity contribution in [2.24, 2.45) is 5.92 Å². The van der Waals surface area contributed by atoms with Gasteiger partial charge in [0.05, 0.1) is 5.69 Å². The molecule has 20 heavy (non-hydrogen) atoms. The van der Waals surface area contributed by atoms with Crippen molar-refractivity contribution >= 4 is 22.0 Å². The van der Waals surface area contributed by atoms with E-state index in [2.05, 4.69) is 0 Å². The highest BCUT2D eigenvalue weighted by Gasteiger charge is 2.26. The van der Waals surface area contributed by atoms with Crippen LogP contribution < -0.4 is 4.90 Å². The molecule has 1 heterocycles. The molecule has 1 unspecified atom stereocenters. The standard InChI is InChI=1S/C14H20N2O3S/c1-15(2)20(18,19)14-8-4-3-7-13(14)16-9-5-6-12(10-16)11-17/h3-4,7-8,11-12H,5-6,9-10H2,1-2H3. The molecule has 0 saturated carbocycles. The van der Waals surface area contributed by atoms with Gasteiger partial charge in [0.15, 0.2) is 0 Å². The maximum atomic E-state index is 12.4. The normalized spacial score (nSPS) is 20.1. The Labute approximate surface area is 120 Å². The Morgan fingerprint density at radius 1 is 1.30 bits per heavy atom. The van der Waals surface area contributed by atoms with Crippen molar-refractivity contribution in [2.45, 2.75) is 17.7 Å². The lowest BCUT2D eigenvalue weighted by molar-refractivity contribution is -0.111. The Morgan fingerprint density at radius 3 is 2.65 bits per heavy atom. The Morgan fingerprint density at radius 2 is 2.00 bits per heavy atom. The van der Waals surface area contributed by atoms with Crippen LogP contribution in [-0.4, -0.2) is 46.2 Å². The van der Waals surface area contributed by atoms with Crippen LogP contribution in [0.5, 0.6) is 0 Å². The Bertz CT molecular complexity index is 584. The number of carbonyl (C=O) groups excluding carboxylic acids is 1. The molecule has 5 nitrogen and oxygen atoms in total. The first-order chi connectivity index (χ1) is 9.46. The van der Waals surface area contributed by atoms with Crippen LogP contribution in [-0.2, 0) is 14.8 Å². The lowest BCUT2D eigenvalue weighted by atomic mass is 9.99. The van der Waals surface area contributed by atoms with E-state index in [1.807, 2.05) is 17.0 Å². The quantitative estimate of drug-likeness (QED) is 0.787. The predicted octanol–water partition coefficient (Wildman–Crippen LogP) is 1.35. The summed E-state index contributed by atoms with van der Waals surface area (Å²) in [6, 6.07) is 6.98. The number of hydrogen-bond acceptors (Lipinski definition) is 4. The van der Waals surface area contributed by atoms with Crippen LogP contribution in [0.1, 0.15) is 12.8 Å². The number of rotatable bonds is 4. The van der Waals surface area contributed by atoms with Gasteiger partial charge in [0.1, 0.15) is 11.2 Å². The number of nitrogens with zero attached hydrogens (tertiary/aromatic N) is 2. The molecule has 1 fully saturated rings. The third-order valence-corrected chi connectivity index (χ3v) is 5.48. The van der Waals surface area contributed by atoms with Gasteiger partial charge in [-0.05, 0) is 25.0 Å². The average Bonchev–Trinajstić information content (AvgIpc) is 2.47. The van der Waals surface area contributed by atoms with Gasteiger partial charge >= 0.3 is 0 Å². The first kappa shape index (κ1) is 15.0. The molecule has 6 heteroatoms. The zero-order chi connectivity index (χ0) is 14.8. The smallest absolute Gasteiger partial charge is 0.244 e. The Hall–Kier alpha value is -1.40. The van der Waals surface area contributed by atoms with E-state index >= 15 is 0 Å². The van der Waals surface area contributed by atoms with Gasteiger partial charge in [-0.3, -0.25) is 0 Å². The third kappa shape index (κ3) is 2.86. The maximum Gasteiger partial charge on any atom is 0.244 e. The zero-order valence-electron chi connectivity index (χ0n) is 11.8. The van der Waals surface area contributed by atoms with Crippen LogP contribution in [0.15, 0.2) is 29.2 Å². The Kier molecular flexibility index (Phi) is 4.45. The van der Waals surface area contributed by atoms with Gasteiger partial charge in [0.25, 0.3) is 0 Å². The summed E-state index contributed by atoms with van der Waals surface area (Å²) in [4.78, 5) is 13.3. The molecule has 2 rings (SSSR count). The molecule has 1 saturated heterocycles. The van der Waals surface area contributed by atoms with Gasteiger partial charge in [0.2, 0.25) is 10.0 Å². The summed E-state index contributed by atoms with van der Waals surface area (Å²) in [5.74, 6) is -0.0149. The number of carbonyl (C=O) groups is 1. The summed E-state index contributed by atoms with van der Waals surface area (Å²) >= 11 is 0. The number of aldehydes is 1. The van der Waals surface area contributed by atoms with Crippen molar-refractivity contribution in [3.05, 3.63) is 24.3 Å². The van der Waals surface area contributed by atoms with Gasteiger partial charge < -0.3 is 9.69 Å². The molecule has 0 aromatic heterocycles. The first-order valence-corrected chi connectivity index (χ1v) is 8.12. The van der Waals surface area contributed by atoms with E-state index in [1.54, 1.807) is 12.1 Å². The fraction of sp³-hybridized carbons (Fsp3) is 0.500. The second kappa shape index (κ2) is 5.93. The minimum atomic E-state index is -3.48. The molecule has 1 aromatic carbocycles. The fourth-order valence-corrected chi connectivity index (χ4v) is 3.58. The van der Waals surface area contributed by atoms with Crippen molar-refractivity contribution in [1.82, 2.24) is 4.31 Å². The minimum Gasteiger partial charge on any atom is -0.370 e. The molecule has 110 valence electrons. The molecule has 0 bridgehead atoms. The van der Waals surface area contributed by atoms with Crippen molar-refractivity contribution in [2.75, 3.05) is 32.1 Å². The molecule has 1 atom stereocenters. The summed E-state index contributed by atoms with van der Waals surface area (Å²) in [5, 5.41) is 0. The van der Waals surface area contributed by atoms with E-state index in [0.29, 0.717) is 17.1 Å². The number of hydrogen-bond donors (Lipinski definition) is 0. The van der Waals surface area contributed by atoms with Gasteiger partial charge in [-0.1, -0.05) is 12.1 Å². The molecular formula is C14H20N2O3S. The summed E-state index contributed by atoms with van der Waals surface area (Å²) in [6.45, 7) is 1.37. The molecule has 1 aliphatic rings. The summed E-state index contributed by atoms with van der Waals surface area (Å²) in [7, 11) is -0.429. The Balaban J connectivity index is 2.40. The van der Waals surface area contributed by atoms with Crippen molar-refractivity contribution in [3.63, 3.8) is 0 Å². The average molecular weight is 296 g/mol. The summed E-state index contributed by atoms with van der Waals surface area (Å²) in [6.07, 6.45) is 2.75. The molecule has 0 N–H and O–H groups in total. The fourth-order valence-electron chi connectivity index (χ4n) is 2.47. The first-order valence-electron chi connectivity index (χ1n) is 6.68. The van der Waals surface area contributed by atoms with Crippen LogP contribution in [0.2, 0.25) is 0 Å². The zero-order valence-corrected chi connectivity index (χ0v) is 12.6. The summed E-state index contributed by atoms with van der Waals surface area (Å²) in [5.41, 5.74) is 0.688. The lowest BCUT2D eigenvalue weighted by Crippen LogP contribution is -2.37. The highest BCUT2D eigenvalue weighted by molar-refractivity contribution is 7.89. The topological polar surface area (TPSA) is 57.7 Å². The van der Waals surface area contributed by atoms with E-state index in [-0.39, 0.29) is 5.92 Å². The summed E-state index contributed by atoms with van der Waals surface area (Å²) < 4.78 is 26.0. The maximum absolute atomic E-state index is 12.4. The SMILES string of the molecule is CN(C)S(=O)(=O)c1ccccc1N1CCCC(C=O)C1. The van der Waals surface area contributed by atoms with E-state index in [1.165, 1.54) is 18.4 Å². The largest absolute Gasteiger partial charge is 0.370 e. The van der Waals surface area contributed by atoms with Crippen LogP contribution in [0.4, 0.5) is 5.69 Å². The number of benzene rings is 1. The second-order valence-corrected chi connectivity index (χ2v) is 7.36. The van der Waals surface area contributed by atoms with E-state index in [0.717, 1.165) is 25.7 Å². The van der Waals surface area contributed by atoms with E-state index < -0.39 is 10.0 Å². The highest BCUT2D eigenvalue weighted by Crippen LogP contribution is 2.30. The van der Waals surface area contributed by atoms with Crippen molar-refractivity contribution in [1.29, 1.82) is 0 Å². The second-order valence-electron chi connectivity index (χ2n) is 5.24. The molecule has 0 amide bonds.